The number of hydrogen-bond donors (Lipinski definition) is 2. The standard InChI is InChI=1S/C24H30FN5O/c1-23(2,3)21-10-20(27-11-18-4-6-19(25)7-5-18)8-9-22(21)28-12-24(14-31-15-24)13-30-17-26-16-29-30/h4-10,16-17,27-28H,11-15H2,1-3H3. The average Bonchev–Trinajstić information content (AvgIpc) is 3.22. The highest BCUT2D eigenvalue weighted by Crippen LogP contribution is 2.35. The van der Waals surface area contributed by atoms with Gasteiger partial charge in [-0.15, -0.1) is 0 Å². The summed E-state index contributed by atoms with van der Waals surface area (Å²) in [4.78, 5) is 4.05. The summed E-state index contributed by atoms with van der Waals surface area (Å²) in [5.41, 5.74) is 4.45. The van der Waals surface area contributed by atoms with E-state index in [1.807, 2.05) is 4.68 Å². The van der Waals surface area contributed by atoms with E-state index >= 15 is 0 Å². The zero-order chi connectivity index (χ0) is 21.9. The lowest BCUT2D eigenvalue weighted by Gasteiger charge is -2.42. The van der Waals surface area contributed by atoms with Gasteiger partial charge in [0.25, 0.3) is 0 Å². The topological polar surface area (TPSA) is 64.0 Å². The van der Waals surface area contributed by atoms with Crippen LogP contribution in [0.1, 0.15) is 31.9 Å². The number of nitrogens with one attached hydrogen (secondary N) is 2. The van der Waals surface area contributed by atoms with Gasteiger partial charge >= 0.3 is 0 Å². The molecule has 1 aromatic heterocycles. The number of ether oxygens (including phenoxy) is 1. The van der Waals surface area contributed by atoms with E-state index in [9.17, 15) is 4.39 Å². The highest BCUT2D eigenvalue weighted by molar-refractivity contribution is 5.62. The molecule has 164 valence electrons. The summed E-state index contributed by atoms with van der Waals surface area (Å²) in [5, 5.41) is 11.4. The third-order valence-corrected chi connectivity index (χ3v) is 5.67. The maximum Gasteiger partial charge on any atom is 0.137 e. The van der Waals surface area contributed by atoms with Crippen LogP contribution in [-0.4, -0.2) is 34.5 Å². The Hall–Kier alpha value is -2.93. The minimum Gasteiger partial charge on any atom is -0.384 e. The molecule has 0 bridgehead atoms. The molecule has 7 heteroatoms. The molecule has 0 atom stereocenters. The first-order chi connectivity index (χ1) is 14.8. The summed E-state index contributed by atoms with van der Waals surface area (Å²) >= 11 is 0. The normalized spacial score (nSPS) is 15.4. The van der Waals surface area contributed by atoms with Crippen LogP contribution in [-0.2, 0) is 23.2 Å². The van der Waals surface area contributed by atoms with Crippen molar-refractivity contribution in [2.24, 2.45) is 5.41 Å². The Morgan fingerprint density at radius 1 is 1.10 bits per heavy atom. The van der Waals surface area contributed by atoms with Crippen molar-refractivity contribution in [1.82, 2.24) is 14.8 Å². The molecule has 1 saturated heterocycles. The average molecular weight is 424 g/mol. The van der Waals surface area contributed by atoms with Crippen LogP contribution in [0.25, 0.3) is 0 Å². The van der Waals surface area contributed by atoms with E-state index in [1.165, 1.54) is 17.7 Å². The first-order valence-electron chi connectivity index (χ1n) is 10.6. The van der Waals surface area contributed by atoms with Crippen LogP contribution in [0.3, 0.4) is 0 Å². The molecule has 6 nitrogen and oxygen atoms in total. The maximum absolute atomic E-state index is 13.1. The Labute approximate surface area is 182 Å². The second-order valence-corrected chi connectivity index (χ2v) is 9.43. The molecule has 0 radical (unpaired) electrons. The highest BCUT2D eigenvalue weighted by Gasteiger charge is 2.39. The Bertz CT molecular complexity index is 992. The van der Waals surface area contributed by atoms with Crippen molar-refractivity contribution in [3.05, 3.63) is 72.1 Å². The second kappa shape index (κ2) is 8.67. The monoisotopic (exact) mass is 423 g/mol. The number of nitrogens with zero attached hydrogens (tertiary/aromatic N) is 3. The minimum absolute atomic E-state index is 0.0162. The molecular formula is C24H30FN5O. The van der Waals surface area contributed by atoms with Gasteiger partial charge in [-0.05, 0) is 46.9 Å². The summed E-state index contributed by atoms with van der Waals surface area (Å²) in [7, 11) is 0. The molecule has 1 aliphatic rings. The summed E-state index contributed by atoms with van der Waals surface area (Å²) in [6, 6.07) is 13.0. The second-order valence-electron chi connectivity index (χ2n) is 9.43. The van der Waals surface area contributed by atoms with Gasteiger partial charge in [0.15, 0.2) is 0 Å². The summed E-state index contributed by atoms with van der Waals surface area (Å²) < 4.78 is 20.5. The van der Waals surface area contributed by atoms with E-state index in [4.69, 9.17) is 4.74 Å². The van der Waals surface area contributed by atoms with E-state index in [0.29, 0.717) is 19.8 Å². The number of rotatable bonds is 8. The Balaban J connectivity index is 1.46. The van der Waals surface area contributed by atoms with Crippen molar-refractivity contribution in [3.8, 4) is 0 Å². The summed E-state index contributed by atoms with van der Waals surface area (Å²) in [5.74, 6) is -0.215. The fraction of sp³-hybridized carbons (Fsp3) is 0.417. The quantitative estimate of drug-likeness (QED) is 0.560. The fourth-order valence-corrected chi connectivity index (χ4v) is 3.82. The van der Waals surface area contributed by atoms with Crippen molar-refractivity contribution in [3.63, 3.8) is 0 Å². The lowest BCUT2D eigenvalue weighted by molar-refractivity contribution is -0.114. The van der Waals surface area contributed by atoms with Crippen LogP contribution in [0, 0.1) is 11.2 Å². The zero-order valence-corrected chi connectivity index (χ0v) is 18.4. The highest BCUT2D eigenvalue weighted by atomic mass is 19.1. The SMILES string of the molecule is CC(C)(C)c1cc(NCc2ccc(F)cc2)ccc1NCC1(Cn2cncn2)COC1. The van der Waals surface area contributed by atoms with E-state index in [2.05, 4.69) is 59.7 Å². The van der Waals surface area contributed by atoms with E-state index in [0.717, 1.165) is 30.0 Å². The molecule has 3 aromatic rings. The third kappa shape index (κ3) is 5.22. The van der Waals surface area contributed by atoms with Crippen LogP contribution >= 0.6 is 0 Å². The Kier molecular flexibility index (Phi) is 5.96. The van der Waals surface area contributed by atoms with Crippen LogP contribution in [0.4, 0.5) is 15.8 Å². The number of anilines is 2. The van der Waals surface area contributed by atoms with Crippen molar-refractivity contribution >= 4 is 11.4 Å². The predicted octanol–water partition coefficient (Wildman–Crippen LogP) is 4.46. The van der Waals surface area contributed by atoms with Crippen LogP contribution in [0.15, 0.2) is 55.1 Å². The molecule has 2 aromatic carbocycles. The molecular weight excluding hydrogens is 393 g/mol. The van der Waals surface area contributed by atoms with Gasteiger partial charge in [-0.1, -0.05) is 32.9 Å². The summed E-state index contributed by atoms with van der Waals surface area (Å²) in [6.07, 6.45) is 3.32. The Morgan fingerprint density at radius 3 is 2.48 bits per heavy atom. The van der Waals surface area contributed by atoms with Gasteiger partial charge in [0.05, 0.1) is 25.2 Å². The molecule has 0 aliphatic carbocycles. The van der Waals surface area contributed by atoms with Gasteiger partial charge in [0, 0.05) is 24.5 Å². The number of hydrogen-bond acceptors (Lipinski definition) is 5. The van der Waals surface area contributed by atoms with Gasteiger partial charge in [0.2, 0.25) is 0 Å². The minimum atomic E-state index is -0.215. The number of benzene rings is 2. The van der Waals surface area contributed by atoms with Crippen molar-refractivity contribution in [1.29, 1.82) is 0 Å². The van der Waals surface area contributed by atoms with Gasteiger partial charge in [-0.2, -0.15) is 5.10 Å². The predicted molar refractivity (Wildman–Crippen MR) is 121 cm³/mol. The van der Waals surface area contributed by atoms with Crippen LogP contribution in [0.2, 0.25) is 0 Å². The molecule has 4 rings (SSSR count). The van der Waals surface area contributed by atoms with Crippen LogP contribution in [0.5, 0.6) is 0 Å². The summed E-state index contributed by atoms with van der Waals surface area (Å²) in [6.45, 7) is 10.3. The van der Waals surface area contributed by atoms with Gasteiger partial charge in [0.1, 0.15) is 18.5 Å². The third-order valence-electron chi connectivity index (χ3n) is 5.67. The molecule has 0 saturated carbocycles. The smallest absolute Gasteiger partial charge is 0.137 e. The van der Waals surface area contributed by atoms with E-state index in [1.54, 1.807) is 24.8 Å². The molecule has 2 heterocycles. The first-order valence-corrected chi connectivity index (χ1v) is 10.6. The van der Waals surface area contributed by atoms with Crippen molar-refractivity contribution < 1.29 is 9.13 Å². The van der Waals surface area contributed by atoms with Gasteiger partial charge in [-0.25, -0.2) is 9.37 Å². The maximum atomic E-state index is 13.1. The lowest BCUT2D eigenvalue weighted by atomic mass is 9.83. The molecule has 31 heavy (non-hydrogen) atoms. The van der Waals surface area contributed by atoms with E-state index < -0.39 is 0 Å². The largest absolute Gasteiger partial charge is 0.384 e. The van der Waals surface area contributed by atoms with Crippen molar-refractivity contribution in [2.45, 2.75) is 39.3 Å². The molecule has 1 fully saturated rings. The zero-order valence-electron chi connectivity index (χ0n) is 18.4. The van der Waals surface area contributed by atoms with Crippen LogP contribution < -0.4 is 10.6 Å². The van der Waals surface area contributed by atoms with E-state index in [-0.39, 0.29) is 16.6 Å². The van der Waals surface area contributed by atoms with Gasteiger partial charge < -0.3 is 15.4 Å². The number of halogens is 1. The Morgan fingerprint density at radius 2 is 1.87 bits per heavy atom. The van der Waals surface area contributed by atoms with Gasteiger partial charge in [-0.3, -0.25) is 4.68 Å². The first kappa shape index (κ1) is 21.3. The molecule has 0 amide bonds. The molecule has 1 aliphatic heterocycles. The lowest BCUT2D eigenvalue weighted by Crippen LogP contribution is -2.50. The molecule has 0 spiro atoms. The fourth-order valence-electron chi connectivity index (χ4n) is 3.82. The van der Waals surface area contributed by atoms with Crippen molar-refractivity contribution in [2.75, 3.05) is 30.4 Å². The molecule has 0 unspecified atom stereocenters. The molecule has 2 N–H and O–H groups in total. The number of aromatic nitrogens is 3.